The van der Waals surface area contributed by atoms with Gasteiger partial charge >= 0.3 is 0 Å². The molecule has 0 fully saturated rings. The summed E-state index contributed by atoms with van der Waals surface area (Å²) in [5.74, 6) is 1.79. The third-order valence-electron chi connectivity index (χ3n) is 5.57. The summed E-state index contributed by atoms with van der Waals surface area (Å²) in [6.07, 6.45) is 10.3. The molecule has 0 bridgehead atoms. The zero-order chi connectivity index (χ0) is 19.5. The van der Waals surface area contributed by atoms with E-state index < -0.39 is 0 Å². The molecule has 0 saturated carbocycles. The Morgan fingerprint density at radius 3 is 1.96 bits per heavy atom. The lowest BCUT2D eigenvalue weighted by molar-refractivity contribution is 0.206. The highest BCUT2D eigenvalue weighted by molar-refractivity contribution is 5.64. The van der Waals surface area contributed by atoms with Crippen LogP contribution in [0.4, 0.5) is 0 Å². The number of hydrogen-bond donors (Lipinski definition) is 0. The molecule has 0 radical (unpaired) electrons. The van der Waals surface area contributed by atoms with E-state index in [1.807, 2.05) is 0 Å². The number of ether oxygens (including phenoxy) is 1. The maximum absolute atomic E-state index is 6.07. The van der Waals surface area contributed by atoms with Crippen LogP contribution in [0.3, 0.4) is 0 Å². The minimum atomic E-state index is 0.289. The summed E-state index contributed by atoms with van der Waals surface area (Å²) in [7, 11) is 0. The quantitative estimate of drug-likeness (QED) is 0.345. The highest BCUT2D eigenvalue weighted by Gasteiger charge is 2.05. The Morgan fingerprint density at radius 2 is 1.37 bits per heavy atom. The molecule has 0 saturated heterocycles. The van der Waals surface area contributed by atoms with Crippen molar-refractivity contribution < 1.29 is 4.74 Å². The van der Waals surface area contributed by atoms with Gasteiger partial charge < -0.3 is 4.74 Å². The first-order chi connectivity index (χ1) is 13.1. The van der Waals surface area contributed by atoms with Gasteiger partial charge in [-0.2, -0.15) is 0 Å². The molecule has 2 rings (SSSR count). The summed E-state index contributed by atoms with van der Waals surface area (Å²) in [4.78, 5) is 0. The van der Waals surface area contributed by atoms with Gasteiger partial charge in [0.2, 0.25) is 0 Å². The first kappa shape index (κ1) is 21.5. The summed E-state index contributed by atoms with van der Waals surface area (Å²) in [6.45, 7) is 9.04. The summed E-state index contributed by atoms with van der Waals surface area (Å²) >= 11 is 0. The Labute approximate surface area is 167 Å². The van der Waals surface area contributed by atoms with E-state index in [4.69, 9.17) is 4.74 Å². The van der Waals surface area contributed by atoms with E-state index in [-0.39, 0.29) is 6.10 Å². The molecule has 0 amide bonds. The first-order valence-electron chi connectivity index (χ1n) is 11.0. The molecule has 2 atom stereocenters. The molecule has 0 N–H and O–H groups in total. The molecular formula is C26H38O. The molecule has 0 aromatic heterocycles. The van der Waals surface area contributed by atoms with E-state index in [0.29, 0.717) is 0 Å². The second-order valence-electron chi connectivity index (χ2n) is 8.05. The van der Waals surface area contributed by atoms with Gasteiger partial charge in [-0.1, -0.05) is 82.9 Å². The molecule has 0 unspecified atom stereocenters. The first-order valence-corrected chi connectivity index (χ1v) is 11.0. The lowest BCUT2D eigenvalue weighted by atomic mass is 9.97. The minimum Gasteiger partial charge on any atom is -0.491 e. The van der Waals surface area contributed by atoms with Crippen molar-refractivity contribution in [3.63, 3.8) is 0 Å². The molecule has 0 aliphatic rings. The highest BCUT2D eigenvalue weighted by atomic mass is 16.5. The number of unbranched alkanes of at least 4 members (excludes halogenated alkanes) is 3. The van der Waals surface area contributed by atoms with Crippen LogP contribution in [0.25, 0.3) is 11.1 Å². The number of hydrogen-bond acceptors (Lipinski definition) is 1. The number of rotatable bonds is 12. The van der Waals surface area contributed by atoms with E-state index in [0.717, 1.165) is 18.1 Å². The van der Waals surface area contributed by atoms with Crippen molar-refractivity contribution in [3.8, 4) is 16.9 Å². The average Bonchev–Trinajstić information content (AvgIpc) is 2.70. The zero-order valence-electron chi connectivity index (χ0n) is 17.8. The average molecular weight is 367 g/mol. The predicted octanol–water partition coefficient (Wildman–Crippen LogP) is 8.07. The molecule has 1 nitrogen and oxygen atoms in total. The molecule has 1 heteroatoms. The van der Waals surface area contributed by atoms with Gasteiger partial charge in [-0.05, 0) is 67.3 Å². The van der Waals surface area contributed by atoms with Gasteiger partial charge in [-0.25, -0.2) is 0 Å². The Hall–Kier alpha value is -1.76. The standard InChI is InChI=1S/C26H38O/c1-5-7-8-9-10-22(4)27-26-19-17-25(18-20-26)24-15-13-23(14-16-24)12-11-21(3)6-2/h13-22H,5-12H2,1-4H3/t21-,22+/m0/s1. The summed E-state index contributed by atoms with van der Waals surface area (Å²) in [6, 6.07) is 17.6. The summed E-state index contributed by atoms with van der Waals surface area (Å²) < 4.78 is 6.07. The molecule has 0 heterocycles. The van der Waals surface area contributed by atoms with Crippen molar-refractivity contribution in [2.45, 2.75) is 85.2 Å². The largest absolute Gasteiger partial charge is 0.491 e. The lowest BCUT2D eigenvalue weighted by Crippen LogP contribution is -2.11. The van der Waals surface area contributed by atoms with Crippen molar-refractivity contribution in [2.24, 2.45) is 5.92 Å². The Morgan fingerprint density at radius 1 is 0.741 bits per heavy atom. The van der Waals surface area contributed by atoms with Gasteiger partial charge in [-0.3, -0.25) is 0 Å². The number of aryl methyl sites for hydroxylation is 1. The Kier molecular flexibility index (Phi) is 9.45. The SMILES string of the molecule is CCCCCC[C@@H](C)Oc1ccc(-c2ccc(CC[C@@H](C)CC)cc2)cc1. The van der Waals surface area contributed by atoms with E-state index in [2.05, 4.69) is 76.2 Å². The van der Waals surface area contributed by atoms with Crippen LogP contribution in [0.5, 0.6) is 5.75 Å². The third-order valence-corrected chi connectivity index (χ3v) is 5.57. The molecule has 2 aromatic rings. The lowest BCUT2D eigenvalue weighted by Gasteiger charge is -2.15. The Balaban J connectivity index is 1.85. The molecule has 27 heavy (non-hydrogen) atoms. The molecule has 2 aromatic carbocycles. The van der Waals surface area contributed by atoms with Crippen molar-refractivity contribution in [2.75, 3.05) is 0 Å². The second-order valence-corrected chi connectivity index (χ2v) is 8.05. The predicted molar refractivity (Wildman–Crippen MR) is 119 cm³/mol. The molecule has 0 spiro atoms. The van der Waals surface area contributed by atoms with E-state index in [1.54, 1.807) is 0 Å². The van der Waals surface area contributed by atoms with Crippen molar-refractivity contribution >= 4 is 0 Å². The fourth-order valence-electron chi connectivity index (χ4n) is 3.36. The van der Waals surface area contributed by atoms with Crippen LogP contribution in [0.2, 0.25) is 0 Å². The fraction of sp³-hybridized carbons (Fsp3) is 0.538. The number of benzene rings is 2. The second kappa shape index (κ2) is 11.8. The van der Waals surface area contributed by atoms with Crippen LogP contribution in [0.15, 0.2) is 48.5 Å². The molecule has 0 aliphatic carbocycles. The normalized spacial score (nSPS) is 13.3. The van der Waals surface area contributed by atoms with Gasteiger partial charge in [0, 0.05) is 0 Å². The van der Waals surface area contributed by atoms with Gasteiger partial charge in [0.05, 0.1) is 6.10 Å². The van der Waals surface area contributed by atoms with Crippen LogP contribution in [-0.4, -0.2) is 6.10 Å². The minimum absolute atomic E-state index is 0.289. The highest BCUT2D eigenvalue weighted by Crippen LogP contribution is 2.24. The Bertz CT molecular complexity index is 626. The van der Waals surface area contributed by atoms with E-state index >= 15 is 0 Å². The zero-order valence-corrected chi connectivity index (χ0v) is 17.8. The fourth-order valence-corrected chi connectivity index (χ4v) is 3.36. The van der Waals surface area contributed by atoms with Crippen molar-refractivity contribution in [1.29, 1.82) is 0 Å². The van der Waals surface area contributed by atoms with Gasteiger partial charge in [-0.15, -0.1) is 0 Å². The molecule has 148 valence electrons. The van der Waals surface area contributed by atoms with Crippen LogP contribution in [0.1, 0.15) is 78.2 Å². The maximum Gasteiger partial charge on any atom is 0.119 e. The van der Waals surface area contributed by atoms with Crippen LogP contribution < -0.4 is 4.74 Å². The van der Waals surface area contributed by atoms with Crippen LogP contribution in [0, 0.1) is 5.92 Å². The van der Waals surface area contributed by atoms with E-state index in [1.165, 1.54) is 61.6 Å². The monoisotopic (exact) mass is 366 g/mol. The van der Waals surface area contributed by atoms with Crippen LogP contribution in [-0.2, 0) is 6.42 Å². The smallest absolute Gasteiger partial charge is 0.119 e. The van der Waals surface area contributed by atoms with Gasteiger partial charge in [0.25, 0.3) is 0 Å². The molecular weight excluding hydrogens is 328 g/mol. The third kappa shape index (κ3) is 7.79. The van der Waals surface area contributed by atoms with Gasteiger partial charge in [0.1, 0.15) is 5.75 Å². The topological polar surface area (TPSA) is 9.23 Å². The van der Waals surface area contributed by atoms with Crippen LogP contribution >= 0.6 is 0 Å². The van der Waals surface area contributed by atoms with Gasteiger partial charge in [0.15, 0.2) is 0 Å². The summed E-state index contributed by atoms with van der Waals surface area (Å²) in [5, 5.41) is 0. The maximum atomic E-state index is 6.07. The summed E-state index contributed by atoms with van der Waals surface area (Å²) in [5.41, 5.74) is 3.98. The van der Waals surface area contributed by atoms with Crippen molar-refractivity contribution in [3.05, 3.63) is 54.1 Å². The van der Waals surface area contributed by atoms with E-state index in [9.17, 15) is 0 Å². The molecule has 0 aliphatic heterocycles. The van der Waals surface area contributed by atoms with Crippen molar-refractivity contribution in [1.82, 2.24) is 0 Å².